The van der Waals surface area contributed by atoms with Gasteiger partial charge in [0.25, 0.3) is 0 Å². The van der Waals surface area contributed by atoms with Crippen LogP contribution in [-0.2, 0) is 6.18 Å². The predicted molar refractivity (Wildman–Crippen MR) is 56.1 cm³/mol. The monoisotopic (exact) mass is 267 g/mol. The van der Waals surface area contributed by atoms with E-state index in [1.165, 1.54) is 0 Å². The number of halogens is 5. The smallest absolute Gasteiger partial charge is 0.324 e. The van der Waals surface area contributed by atoms with Gasteiger partial charge in [0.15, 0.2) is 0 Å². The standard InChI is InChI=1S/C11H10ClF4N/c12-8-4-6(11(14,15)16)3-7(9(8)13)10(17)5-1-2-5/h3-5,10H,1-2,17H2/t10-/m0/s1. The van der Waals surface area contributed by atoms with Crippen molar-refractivity contribution in [3.63, 3.8) is 0 Å². The van der Waals surface area contributed by atoms with Gasteiger partial charge < -0.3 is 5.73 Å². The Morgan fingerprint density at radius 2 is 1.88 bits per heavy atom. The van der Waals surface area contributed by atoms with E-state index in [2.05, 4.69) is 0 Å². The number of benzene rings is 1. The summed E-state index contributed by atoms with van der Waals surface area (Å²) in [6.07, 6.45) is -2.92. The Hall–Kier alpha value is -0.810. The largest absolute Gasteiger partial charge is 0.416 e. The molecule has 0 radical (unpaired) electrons. The van der Waals surface area contributed by atoms with Gasteiger partial charge in [-0.3, -0.25) is 0 Å². The molecule has 0 bridgehead atoms. The Balaban J connectivity index is 2.46. The normalized spacial score (nSPS) is 18.2. The topological polar surface area (TPSA) is 26.0 Å². The van der Waals surface area contributed by atoms with Crippen LogP contribution in [0, 0.1) is 11.7 Å². The van der Waals surface area contributed by atoms with E-state index in [0.717, 1.165) is 18.9 Å². The van der Waals surface area contributed by atoms with Crippen molar-refractivity contribution in [2.75, 3.05) is 0 Å². The van der Waals surface area contributed by atoms with Gasteiger partial charge >= 0.3 is 6.18 Å². The first kappa shape index (κ1) is 12.6. The van der Waals surface area contributed by atoms with Crippen molar-refractivity contribution < 1.29 is 17.6 Å². The van der Waals surface area contributed by atoms with E-state index < -0.39 is 28.6 Å². The molecule has 0 aliphatic heterocycles. The van der Waals surface area contributed by atoms with Crippen molar-refractivity contribution in [1.82, 2.24) is 0 Å². The number of alkyl halides is 3. The van der Waals surface area contributed by atoms with Crippen LogP contribution in [0.2, 0.25) is 5.02 Å². The SMILES string of the molecule is N[C@H](c1cc(C(F)(F)F)cc(Cl)c1F)C1CC1. The van der Waals surface area contributed by atoms with Crippen molar-refractivity contribution >= 4 is 11.6 Å². The zero-order valence-electron chi connectivity index (χ0n) is 8.69. The molecule has 1 atom stereocenters. The van der Waals surface area contributed by atoms with E-state index in [0.29, 0.717) is 6.07 Å². The Morgan fingerprint density at radius 1 is 1.29 bits per heavy atom. The summed E-state index contributed by atoms with van der Waals surface area (Å²) in [5, 5.41) is -0.536. The molecule has 2 N–H and O–H groups in total. The summed E-state index contributed by atoms with van der Waals surface area (Å²) < 4.78 is 51.2. The van der Waals surface area contributed by atoms with Gasteiger partial charge in [-0.2, -0.15) is 13.2 Å². The Kier molecular flexibility index (Phi) is 3.08. The molecule has 1 aromatic rings. The van der Waals surface area contributed by atoms with Crippen molar-refractivity contribution in [1.29, 1.82) is 0 Å². The van der Waals surface area contributed by atoms with Crippen LogP contribution < -0.4 is 5.73 Å². The molecule has 1 nitrogen and oxygen atoms in total. The quantitative estimate of drug-likeness (QED) is 0.808. The first-order valence-corrected chi connectivity index (χ1v) is 5.50. The van der Waals surface area contributed by atoms with Crippen molar-refractivity contribution in [3.05, 3.63) is 34.1 Å². The lowest BCUT2D eigenvalue weighted by Crippen LogP contribution is -2.16. The predicted octanol–water partition coefficient (Wildman–Crippen LogP) is 3.91. The van der Waals surface area contributed by atoms with Gasteiger partial charge in [-0.1, -0.05) is 11.6 Å². The van der Waals surface area contributed by atoms with Crippen LogP contribution in [0.5, 0.6) is 0 Å². The maximum Gasteiger partial charge on any atom is 0.416 e. The summed E-state index contributed by atoms with van der Waals surface area (Å²) in [6, 6.07) is 0.624. The highest BCUT2D eigenvalue weighted by Crippen LogP contribution is 2.42. The summed E-state index contributed by atoms with van der Waals surface area (Å²) >= 11 is 5.46. The third kappa shape index (κ3) is 2.55. The van der Waals surface area contributed by atoms with Gasteiger partial charge in [0, 0.05) is 11.6 Å². The minimum absolute atomic E-state index is 0.0593. The van der Waals surface area contributed by atoms with Gasteiger partial charge in [-0.15, -0.1) is 0 Å². The Morgan fingerprint density at radius 3 is 2.35 bits per heavy atom. The van der Waals surface area contributed by atoms with Gasteiger partial charge in [0.2, 0.25) is 0 Å². The lowest BCUT2D eigenvalue weighted by Gasteiger charge is -2.16. The first-order chi connectivity index (χ1) is 7.80. The molecule has 0 spiro atoms. The fraction of sp³-hybridized carbons (Fsp3) is 0.455. The molecule has 17 heavy (non-hydrogen) atoms. The maximum absolute atomic E-state index is 13.6. The van der Waals surface area contributed by atoms with Crippen LogP contribution in [0.1, 0.15) is 30.0 Å². The van der Waals surface area contributed by atoms with E-state index in [9.17, 15) is 17.6 Å². The zero-order valence-corrected chi connectivity index (χ0v) is 9.45. The van der Waals surface area contributed by atoms with E-state index >= 15 is 0 Å². The first-order valence-electron chi connectivity index (χ1n) is 5.12. The van der Waals surface area contributed by atoms with Gasteiger partial charge in [-0.25, -0.2) is 4.39 Å². The van der Waals surface area contributed by atoms with Crippen molar-refractivity contribution in [2.45, 2.75) is 25.1 Å². The van der Waals surface area contributed by atoms with Crippen LogP contribution in [0.25, 0.3) is 0 Å². The molecular weight excluding hydrogens is 258 g/mol. The van der Waals surface area contributed by atoms with Crippen molar-refractivity contribution in [3.8, 4) is 0 Å². The van der Waals surface area contributed by atoms with Gasteiger partial charge in [-0.05, 0) is 30.9 Å². The lowest BCUT2D eigenvalue weighted by atomic mass is 10.00. The molecule has 0 unspecified atom stereocenters. The maximum atomic E-state index is 13.6. The van der Waals surface area contributed by atoms with Crippen LogP contribution >= 0.6 is 11.6 Å². The summed E-state index contributed by atoms with van der Waals surface area (Å²) in [4.78, 5) is 0. The highest BCUT2D eigenvalue weighted by atomic mass is 35.5. The number of hydrogen-bond donors (Lipinski definition) is 1. The summed E-state index contributed by atoms with van der Waals surface area (Å²) in [5.41, 5.74) is 4.61. The number of nitrogens with two attached hydrogens (primary N) is 1. The molecule has 0 aromatic heterocycles. The second-order valence-electron chi connectivity index (χ2n) is 4.22. The number of rotatable bonds is 2. The van der Waals surface area contributed by atoms with Crippen LogP contribution in [0.3, 0.4) is 0 Å². The zero-order chi connectivity index (χ0) is 12.8. The Bertz CT molecular complexity index is 440. The Labute approximate surface area is 101 Å². The van der Waals surface area contributed by atoms with Crippen LogP contribution in [0.15, 0.2) is 12.1 Å². The molecule has 6 heteroatoms. The van der Waals surface area contributed by atoms with Crippen molar-refractivity contribution in [2.24, 2.45) is 11.7 Å². The van der Waals surface area contributed by atoms with E-state index in [1.54, 1.807) is 0 Å². The lowest BCUT2D eigenvalue weighted by molar-refractivity contribution is -0.137. The molecule has 0 heterocycles. The van der Waals surface area contributed by atoms with E-state index in [4.69, 9.17) is 17.3 Å². The summed E-state index contributed by atoms with van der Waals surface area (Å²) in [5.74, 6) is -0.789. The number of hydrogen-bond acceptors (Lipinski definition) is 1. The molecule has 0 amide bonds. The molecule has 2 rings (SSSR count). The second kappa shape index (κ2) is 4.14. The summed E-state index contributed by atoms with van der Waals surface area (Å²) in [6.45, 7) is 0. The third-order valence-corrected chi connectivity index (χ3v) is 3.15. The average Bonchev–Trinajstić information content (AvgIpc) is 3.02. The van der Waals surface area contributed by atoms with Crippen LogP contribution in [0.4, 0.5) is 17.6 Å². The van der Waals surface area contributed by atoms with E-state index in [-0.39, 0.29) is 11.5 Å². The molecule has 1 aromatic carbocycles. The minimum atomic E-state index is -4.55. The molecule has 94 valence electrons. The highest BCUT2D eigenvalue weighted by molar-refractivity contribution is 6.30. The van der Waals surface area contributed by atoms with Gasteiger partial charge in [0.1, 0.15) is 5.82 Å². The molecule has 0 saturated heterocycles. The molecule has 1 saturated carbocycles. The molecule has 1 fully saturated rings. The fourth-order valence-corrected chi connectivity index (χ4v) is 1.95. The van der Waals surface area contributed by atoms with E-state index in [1.807, 2.05) is 0 Å². The van der Waals surface area contributed by atoms with Crippen LogP contribution in [-0.4, -0.2) is 0 Å². The minimum Gasteiger partial charge on any atom is -0.324 e. The fourth-order valence-electron chi connectivity index (χ4n) is 1.73. The highest BCUT2D eigenvalue weighted by Gasteiger charge is 2.36. The molecular formula is C11H10ClF4N. The summed E-state index contributed by atoms with van der Waals surface area (Å²) in [7, 11) is 0. The van der Waals surface area contributed by atoms with Gasteiger partial charge in [0.05, 0.1) is 10.6 Å². The molecule has 1 aliphatic carbocycles. The third-order valence-electron chi connectivity index (χ3n) is 2.87. The second-order valence-corrected chi connectivity index (χ2v) is 4.63. The molecule has 1 aliphatic rings. The average molecular weight is 268 g/mol.